The van der Waals surface area contributed by atoms with Gasteiger partial charge in [-0.15, -0.1) is 11.3 Å². The first-order chi connectivity index (χ1) is 8.99. The number of nitrogens with zero attached hydrogens (tertiary/aromatic N) is 2. The average Bonchev–Trinajstić information content (AvgIpc) is 2.77. The van der Waals surface area contributed by atoms with Crippen LogP contribution in [0.2, 0.25) is 0 Å². The van der Waals surface area contributed by atoms with Crippen molar-refractivity contribution in [1.82, 2.24) is 15.2 Å². The molecule has 1 saturated heterocycles. The van der Waals surface area contributed by atoms with Gasteiger partial charge in [-0.05, 0) is 28.3 Å². The smallest absolute Gasteiger partial charge is 0.283 e. The maximum Gasteiger partial charge on any atom is 0.283 e. The van der Waals surface area contributed by atoms with Crippen molar-refractivity contribution in [2.45, 2.75) is 26.3 Å². The highest BCUT2D eigenvalue weighted by Gasteiger charge is 2.34. The van der Waals surface area contributed by atoms with Crippen molar-refractivity contribution >= 4 is 39.1 Å². The van der Waals surface area contributed by atoms with Gasteiger partial charge >= 0.3 is 0 Å². The number of rotatable bonds is 3. The molecule has 0 spiro atoms. The number of carbonyl (C=O) groups is 2. The summed E-state index contributed by atoms with van der Waals surface area (Å²) < 4.78 is 0.817. The Hall–Kier alpha value is -0.950. The zero-order valence-electron chi connectivity index (χ0n) is 10.9. The second kappa shape index (κ2) is 6.00. The van der Waals surface area contributed by atoms with Crippen molar-refractivity contribution in [2.75, 3.05) is 13.1 Å². The molecular weight excluding hydrogens is 330 g/mol. The van der Waals surface area contributed by atoms with Gasteiger partial charge in [0.1, 0.15) is 6.04 Å². The quantitative estimate of drug-likeness (QED) is 0.909. The van der Waals surface area contributed by atoms with E-state index in [0.29, 0.717) is 30.4 Å². The van der Waals surface area contributed by atoms with E-state index in [9.17, 15) is 9.59 Å². The van der Waals surface area contributed by atoms with Crippen molar-refractivity contribution in [1.29, 1.82) is 0 Å². The fraction of sp³-hybridized carbons (Fsp3) is 0.583. The fourth-order valence-electron chi connectivity index (χ4n) is 2.11. The summed E-state index contributed by atoms with van der Waals surface area (Å²) in [5, 5.41) is 3.25. The average molecular weight is 346 g/mol. The first kappa shape index (κ1) is 14.5. The Labute approximate surface area is 124 Å². The second-order valence-corrected chi connectivity index (χ2v) is 7.31. The molecule has 0 unspecified atom stereocenters. The third-order valence-corrected chi connectivity index (χ3v) is 4.41. The van der Waals surface area contributed by atoms with Crippen molar-refractivity contribution in [2.24, 2.45) is 5.92 Å². The van der Waals surface area contributed by atoms with E-state index in [1.807, 2.05) is 13.8 Å². The van der Waals surface area contributed by atoms with E-state index in [0.717, 1.165) is 3.79 Å². The molecule has 5 nitrogen and oxygen atoms in total. The predicted molar refractivity (Wildman–Crippen MR) is 77.1 cm³/mol. The van der Waals surface area contributed by atoms with Gasteiger partial charge in [-0.1, -0.05) is 13.8 Å². The number of hydrogen-bond donors (Lipinski definition) is 1. The monoisotopic (exact) mass is 345 g/mol. The summed E-state index contributed by atoms with van der Waals surface area (Å²) in [6, 6.07) is -0.385. The van der Waals surface area contributed by atoms with Crippen LogP contribution in [0.5, 0.6) is 0 Å². The van der Waals surface area contributed by atoms with Crippen LogP contribution in [0.3, 0.4) is 0 Å². The summed E-state index contributed by atoms with van der Waals surface area (Å²) in [6.07, 6.45) is 2.28. The fourth-order valence-corrected chi connectivity index (χ4v) is 3.28. The van der Waals surface area contributed by atoms with Crippen LogP contribution < -0.4 is 5.32 Å². The highest BCUT2D eigenvalue weighted by molar-refractivity contribution is 9.11. The Kier molecular flexibility index (Phi) is 4.57. The summed E-state index contributed by atoms with van der Waals surface area (Å²) in [4.78, 5) is 30.1. The maximum atomic E-state index is 12.4. The minimum atomic E-state index is -0.385. The minimum Gasteiger partial charge on any atom is -0.353 e. The van der Waals surface area contributed by atoms with Crippen LogP contribution in [0.4, 0.5) is 0 Å². The third kappa shape index (κ3) is 3.33. The van der Waals surface area contributed by atoms with Crippen LogP contribution in [0, 0.1) is 5.92 Å². The lowest BCUT2D eigenvalue weighted by Gasteiger charge is -2.35. The number of nitrogens with one attached hydrogen (secondary N) is 1. The summed E-state index contributed by atoms with van der Waals surface area (Å²) >= 11 is 4.59. The van der Waals surface area contributed by atoms with Crippen molar-refractivity contribution in [3.8, 4) is 0 Å². The van der Waals surface area contributed by atoms with Gasteiger partial charge in [0, 0.05) is 13.1 Å². The Balaban J connectivity index is 2.19. The first-order valence-electron chi connectivity index (χ1n) is 6.19. The Morgan fingerprint density at radius 1 is 1.68 bits per heavy atom. The molecule has 2 amide bonds. The lowest BCUT2D eigenvalue weighted by Crippen LogP contribution is -2.57. The molecule has 0 radical (unpaired) electrons. The van der Waals surface area contributed by atoms with Gasteiger partial charge in [0.15, 0.2) is 5.01 Å². The maximum absolute atomic E-state index is 12.4. The molecule has 1 aliphatic heterocycles. The molecule has 1 atom stereocenters. The molecule has 2 heterocycles. The van der Waals surface area contributed by atoms with Gasteiger partial charge < -0.3 is 10.2 Å². The lowest BCUT2D eigenvalue weighted by atomic mass is 10.00. The summed E-state index contributed by atoms with van der Waals surface area (Å²) in [7, 11) is 0. The Bertz CT molecular complexity index is 489. The normalized spacial score (nSPS) is 19.7. The molecule has 1 aromatic rings. The molecule has 1 aliphatic rings. The van der Waals surface area contributed by atoms with E-state index < -0.39 is 0 Å². The van der Waals surface area contributed by atoms with E-state index in [2.05, 4.69) is 26.2 Å². The zero-order valence-corrected chi connectivity index (χ0v) is 13.3. The van der Waals surface area contributed by atoms with Crippen molar-refractivity contribution in [3.05, 3.63) is 15.0 Å². The van der Waals surface area contributed by atoms with E-state index >= 15 is 0 Å². The Morgan fingerprint density at radius 2 is 2.42 bits per heavy atom. The zero-order chi connectivity index (χ0) is 14.0. The highest BCUT2D eigenvalue weighted by Crippen LogP contribution is 2.23. The molecule has 2 rings (SSSR count). The van der Waals surface area contributed by atoms with Crippen LogP contribution in [0.25, 0.3) is 0 Å². The number of thiazole rings is 1. The standard InChI is InChI=1S/C12H16BrN3O2S/c1-7(2)5-8-10(17)14-3-4-16(8)12(18)11-15-6-9(13)19-11/h6-8H,3-5H2,1-2H3,(H,14,17)/t8-/m0/s1. The Morgan fingerprint density at radius 3 is 3.00 bits per heavy atom. The lowest BCUT2D eigenvalue weighted by molar-refractivity contribution is -0.128. The van der Waals surface area contributed by atoms with Crippen LogP contribution >= 0.6 is 27.3 Å². The summed E-state index contributed by atoms with van der Waals surface area (Å²) in [5.74, 6) is 0.132. The summed E-state index contributed by atoms with van der Waals surface area (Å²) in [5.41, 5.74) is 0. The minimum absolute atomic E-state index is 0.0658. The van der Waals surface area contributed by atoms with E-state index in [1.165, 1.54) is 11.3 Å². The first-order valence-corrected chi connectivity index (χ1v) is 7.80. The SMILES string of the molecule is CC(C)C[C@H]1C(=O)NCCN1C(=O)c1ncc(Br)s1. The van der Waals surface area contributed by atoms with E-state index in [1.54, 1.807) is 11.1 Å². The van der Waals surface area contributed by atoms with Crippen molar-refractivity contribution < 1.29 is 9.59 Å². The number of piperazine rings is 1. The molecule has 7 heteroatoms. The van der Waals surface area contributed by atoms with Crippen LogP contribution in [0.1, 0.15) is 30.1 Å². The molecule has 0 saturated carbocycles. The van der Waals surface area contributed by atoms with Crippen LogP contribution in [0.15, 0.2) is 9.98 Å². The van der Waals surface area contributed by atoms with Gasteiger partial charge in [0.2, 0.25) is 5.91 Å². The molecule has 1 aromatic heterocycles. The van der Waals surface area contributed by atoms with E-state index in [4.69, 9.17) is 0 Å². The molecule has 1 fully saturated rings. The van der Waals surface area contributed by atoms with Crippen LogP contribution in [-0.2, 0) is 4.79 Å². The largest absolute Gasteiger partial charge is 0.353 e. The molecule has 0 aromatic carbocycles. The van der Waals surface area contributed by atoms with Crippen LogP contribution in [-0.4, -0.2) is 40.8 Å². The second-order valence-electron chi connectivity index (χ2n) is 4.90. The number of amides is 2. The predicted octanol–water partition coefficient (Wildman–Crippen LogP) is 1.89. The number of carbonyl (C=O) groups excluding carboxylic acids is 2. The molecule has 1 N–H and O–H groups in total. The molecule has 0 bridgehead atoms. The molecular formula is C12H16BrN3O2S. The van der Waals surface area contributed by atoms with Gasteiger partial charge in [0.25, 0.3) is 5.91 Å². The van der Waals surface area contributed by atoms with E-state index in [-0.39, 0.29) is 17.9 Å². The number of aromatic nitrogens is 1. The van der Waals surface area contributed by atoms with Crippen molar-refractivity contribution in [3.63, 3.8) is 0 Å². The van der Waals surface area contributed by atoms with Gasteiger partial charge in [-0.25, -0.2) is 4.98 Å². The highest BCUT2D eigenvalue weighted by atomic mass is 79.9. The summed E-state index contributed by atoms with van der Waals surface area (Å²) in [6.45, 7) is 5.14. The molecule has 19 heavy (non-hydrogen) atoms. The third-order valence-electron chi connectivity index (χ3n) is 2.95. The van der Waals surface area contributed by atoms with Gasteiger partial charge in [0.05, 0.1) is 9.98 Å². The number of hydrogen-bond acceptors (Lipinski definition) is 4. The van der Waals surface area contributed by atoms with Gasteiger partial charge in [-0.2, -0.15) is 0 Å². The molecule has 0 aliphatic carbocycles. The topological polar surface area (TPSA) is 62.3 Å². The molecule has 104 valence electrons. The number of halogens is 1. The van der Waals surface area contributed by atoms with Gasteiger partial charge in [-0.3, -0.25) is 9.59 Å².